The molecule has 5 rings (SSSR count). The van der Waals surface area contributed by atoms with E-state index >= 15 is 0 Å². The smallest absolute Gasteiger partial charge is 0.251 e. The van der Waals surface area contributed by atoms with Crippen molar-refractivity contribution in [2.75, 3.05) is 6.54 Å². The van der Waals surface area contributed by atoms with Gasteiger partial charge >= 0.3 is 0 Å². The lowest BCUT2D eigenvalue weighted by atomic mass is 9.86. The van der Waals surface area contributed by atoms with Crippen LogP contribution in [-0.4, -0.2) is 37.1 Å². The number of aryl methyl sites for hydroxylation is 1. The summed E-state index contributed by atoms with van der Waals surface area (Å²) in [5.41, 5.74) is 1.78. The fourth-order valence-corrected chi connectivity index (χ4v) is 4.69. The number of amides is 1. The van der Waals surface area contributed by atoms with E-state index < -0.39 is 29.2 Å². The molecule has 7 nitrogen and oxygen atoms in total. The number of carbonyl (C=O) groups is 1. The third-order valence-corrected chi connectivity index (χ3v) is 6.64. The van der Waals surface area contributed by atoms with Crippen molar-refractivity contribution in [1.82, 2.24) is 24.9 Å². The van der Waals surface area contributed by atoms with E-state index in [9.17, 15) is 23.1 Å². The number of aromatic hydroxyl groups is 1. The molecule has 1 aliphatic rings. The molecule has 2 aromatic heterocycles. The van der Waals surface area contributed by atoms with Crippen molar-refractivity contribution in [1.29, 1.82) is 0 Å². The van der Waals surface area contributed by atoms with Crippen molar-refractivity contribution in [2.24, 2.45) is 13.0 Å². The van der Waals surface area contributed by atoms with Gasteiger partial charge < -0.3 is 10.4 Å². The number of aromatic nitrogens is 4. The summed E-state index contributed by atoms with van der Waals surface area (Å²) >= 11 is 0. The Morgan fingerprint density at radius 1 is 1.06 bits per heavy atom. The van der Waals surface area contributed by atoms with Crippen molar-refractivity contribution >= 4 is 16.8 Å². The quantitative estimate of drug-likeness (QED) is 0.430. The summed E-state index contributed by atoms with van der Waals surface area (Å²) in [5.74, 6) is -4.28. The molecular weight excluding hydrogens is 459 g/mol. The maximum Gasteiger partial charge on any atom is 0.251 e. The van der Waals surface area contributed by atoms with Crippen LogP contribution in [0.4, 0.5) is 13.2 Å². The minimum absolute atomic E-state index is 0.166. The first-order valence-electron chi connectivity index (χ1n) is 11.4. The van der Waals surface area contributed by atoms with Gasteiger partial charge in [0.1, 0.15) is 0 Å². The number of carbonyl (C=O) groups excluding carboxylic acids is 1. The van der Waals surface area contributed by atoms with Gasteiger partial charge in [0.15, 0.2) is 17.4 Å². The second kappa shape index (κ2) is 9.09. The van der Waals surface area contributed by atoms with Crippen LogP contribution in [0.5, 0.6) is 5.75 Å². The van der Waals surface area contributed by atoms with Crippen molar-refractivity contribution in [2.45, 2.75) is 31.7 Å². The highest BCUT2D eigenvalue weighted by Gasteiger charge is 2.24. The lowest BCUT2D eigenvalue weighted by molar-refractivity contribution is 0.0940. The molecule has 35 heavy (non-hydrogen) atoms. The first kappa shape index (κ1) is 22.9. The van der Waals surface area contributed by atoms with E-state index in [1.54, 1.807) is 13.2 Å². The summed E-state index contributed by atoms with van der Waals surface area (Å²) in [6.07, 6.45) is 7.13. The first-order valence-corrected chi connectivity index (χ1v) is 11.4. The van der Waals surface area contributed by atoms with E-state index in [1.807, 2.05) is 29.1 Å². The molecule has 10 heteroatoms. The zero-order valence-electron chi connectivity index (χ0n) is 19.0. The maximum absolute atomic E-state index is 14.1. The van der Waals surface area contributed by atoms with Crippen molar-refractivity contribution < 1.29 is 23.1 Å². The number of nitrogens with zero attached hydrogens (tertiary/aromatic N) is 4. The fourth-order valence-electron chi connectivity index (χ4n) is 4.69. The Morgan fingerprint density at radius 2 is 1.77 bits per heavy atom. The van der Waals surface area contributed by atoms with Gasteiger partial charge in [-0.05, 0) is 55.4 Å². The number of halogens is 3. The van der Waals surface area contributed by atoms with Crippen molar-refractivity contribution in [3.05, 3.63) is 65.9 Å². The van der Waals surface area contributed by atoms with Crippen LogP contribution in [0.1, 0.15) is 42.1 Å². The van der Waals surface area contributed by atoms with E-state index in [0.29, 0.717) is 12.1 Å². The molecule has 4 aromatic rings. The molecule has 0 aliphatic heterocycles. The Kier molecular flexibility index (Phi) is 5.96. The normalized spacial score (nSPS) is 18.2. The van der Waals surface area contributed by atoms with Crippen molar-refractivity contribution in [3.8, 4) is 16.9 Å². The van der Waals surface area contributed by atoms with Gasteiger partial charge in [-0.15, -0.1) is 5.10 Å². The summed E-state index contributed by atoms with van der Waals surface area (Å²) in [4.78, 5) is 12.3. The van der Waals surface area contributed by atoms with Crippen LogP contribution < -0.4 is 5.32 Å². The van der Waals surface area contributed by atoms with Gasteiger partial charge in [0.05, 0.1) is 17.1 Å². The number of hydrogen-bond acceptors (Lipinski definition) is 4. The third kappa shape index (κ3) is 4.60. The number of nitrogens with one attached hydrogen (secondary N) is 1. The molecule has 2 heterocycles. The largest absolute Gasteiger partial charge is 0.503 e. The number of phenols is 1. The van der Waals surface area contributed by atoms with Crippen LogP contribution in [0.3, 0.4) is 0 Å². The van der Waals surface area contributed by atoms with Gasteiger partial charge in [-0.3, -0.25) is 14.2 Å². The third-order valence-electron chi connectivity index (χ3n) is 6.64. The first-order chi connectivity index (χ1) is 16.8. The predicted octanol–water partition coefficient (Wildman–Crippen LogP) is 4.72. The van der Waals surface area contributed by atoms with Crippen LogP contribution in [0, 0.1) is 23.5 Å². The predicted molar refractivity (Wildman–Crippen MR) is 123 cm³/mol. The number of phenolic OH excluding ortho intramolecular Hbond substituents is 1. The van der Waals surface area contributed by atoms with Crippen molar-refractivity contribution in [3.63, 3.8) is 0 Å². The summed E-state index contributed by atoms with van der Waals surface area (Å²) in [6.45, 7) is 0.400. The molecule has 1 aliphatic carbocycles. The summed E-state index contributed by atoms with van der Waals surface area (Å²) < 4.78 is 44.5. The van der Waals surface area contributed by atoms with Gasteiger partial charge in [0.25, 0.3) is 5.91 Å². The molecule has 0 radical (unpaired) electrons. The molecule has 182 valence electrons. The second-order valence-electron chi connectivity index (χ2n) is 9.06. The van der Waals surface area contributed by atoms with Gasteiger partial charge in [-0.2, -0.15) is 9.49 Å². The lowest BCUT2D eigenvalue weighted by Gasteiger charge is -2.28. The Morgan fingerprint density at radius 3 is 2.43 bits per heavy atom. The van der Waals surface area contributed by atoms with E-state index in [1.165, 1.54) is 4.68 Å². The number of benzene rings is 2. The van der Waals surface area contributed by atoms with E-state index in [-0.39, 0.29) is 17.5 Å². The molecule has 0 atom stereocenters. The topological polar surface area (TPSA) is 85.0 Å². The van der Waals surface area contributed by atoms with Gasteiger partial charge in [0, 0.05) is 36.9 Å². The Balaban J connectivity index is 1.20. The van der Waals surface area contributed by atoms with Gasteiger partial charge in [-0.1, -0.05) is 12.1 Å². The standard InChI is InChI=1S/C25H24F3N5O2/c1-32-13-19(24(28)31-32)15-4-5-16-12-33(30-22(16)10-15)18-6-2-14(3-7-18)11-29-25(35)17-8-20(26)23(34)21(27)9-17/h4-5,8-10,12-14,18,34H,2-3,6-7,11H2,1H3,(H,29,35). The summed E-state index contributed by atoms with van der Waals surface area (Å²) in [5, 5.41) is 21.4. The number of fused-ring (bicyclic) bond motifs is 1. The molecule has 2 N–H and O–H groups in total. The zero-order chi connectivity index (χ0) is 24.7. The maximum atomic E-state index is 14.1. The molecule has 0 spiro atoms. The SMILES string of the molecule is Cn1cc(-c2ccc3cn(C4CCC(CNC(=O)c5cc(F)c(O)c(F)c5)CC4)nc3c2)c(F)n1. The van der Waals surface area contributed by atoms with E-state index in [0.717, 1.165) is 54.3 Å². The summed E-state index contributed by atoms with van der Waals surface area (Å²) in [6, 6.07) is 7.51. The van der Waals surface area contributed by atoms with Crippen LogP contribution >= 0.6 is 0 Å². The van der Waals surface area contributed by atoms with Gasteiger partial charge in [-0.25, -0.2) is 8.78 Å². The monoisotopic (exact) mass is 483 g/mol. The Bertz CT molecular complexity index is 1380. The Labute approximate surface area is 199 Å². The van der Waals surface area contributed by atoms with Crippen LogP contribution in [-0.2, 0) is 7.05 Å². The van der Waals surface area contributed by atoms with Crippen LogP contribution in [0.15, 0.2) is 42.7 Å². The van der Waals surface area contributed by atoms with Gasteiger partial charge in [0.2, 0.25) is 5.95 Å². The molecule has 2 aromatic carbocycles. The highest BCUT2D eigenvalue weighted by Crippen LogP contribution is 2.33. The highest BCUT2D eigenvalue weighted by atomic mass is 19.1. The van der Waals surface area contributed by atoms with E-state index in [4.69, 9.17) is 5.10 Å². The summed E-state index contributed by atoms with van der Waals surface area (Å²) in [7, 11) is 1.68. The lowest BCUT2D eigenvalue weighted by Crippen LogP contribution is -2.31. The minimum atomic E-state index is -1.17. The van der Waals surface area contributed by atoms with Crippen LogP contribution in [0.25, 0.3) is 22.0 Å². The molecule has 1 fully saturated rings. The highest BCUT2D eigenvalue weighted by molar-refractivity contribution is 5.94. The number of rotatable bonds is 5. The second-order valence-corrected chi connectivity index (χ2v) is 9.06. The zero-order valence-corrected chi connectivity index (χ0v) is 19.0. The molecular formula is C25H24F3N5O2. The number of hydrogen-bond donors (Lipinski definition) is 2. The molecule has 0 saturated heterocycles. The molecule has 1 amide bonds. The average Bonchev–Trinajstić information content (AvgIpc) is 3.42. The fraction of sp³-hybridized carbons (Fsp3) is 0.320. The Hall–Kier alpha value is -3.82. The molecule has 0 unspecified atom stereocenters. The molecule has 1 saturated carbocycles. The van der Waals surface area contributed by atoms with E-state index in [2.05, 4.69) is 10.4 Å². The average molecular weight is 483 g/mol. The minimum Gasteiger partial charge on any atom is -0.503 e. The molecule has 0 bridgehead atoms. The van der Waals surface area contributed by atoms with Crippen LogP contribution in [0.2, 0.25) is 0 Å².